The van der Waals surface area contributed by atoms with E-state index in [1.165, 1.54) is 6.07 Å². The summed E-state index contributed by atoms with van der Waals surface area (Å²) in [5.41, 5.74) is 0. The quantitative estimate of drug-likeness (QED) is 0.783. The van der Waals surface area contributed by atoms with Gasteiger partial charge in [-0.05, 0) is 12.1 Å². The van der Waals surface area contributed by atoms with Crippen LogP contribution in [0.3, 0.4) is 0 Å². The molecule has 0 bridgehead atoms. The van der Waals surface area contributed by atoms with Crippen molar-refractivity contribution in [2.24, 2.45) is 5.14 Å². The minimum Gasteiger partial charge on any atom is -0.490 e. The molecule has 0 heterocycles. The fourth-order valence-corrected chi connectivity index (χ4v) is 2.61. The van der Waals surface area contributed by atoms with E-state index >= 15 is 0 Å². The molecule has 0 saturated carbocycles. The normalized spacial score (nSPS) is 12.5. The summed E-state index contributed by atoms with van der Waals surface area (Å²) in [6.45, 7) is -1.94. The molecule has 0 unspecified atom stereocenters. The second-order valence-corrected chi connectivity index (χ2v) is 6.04. The first-order valence-corrected chi connectivity index (χ1v) is 7.60. The predicted octanol–water partition coefficient (Wildman–Crippen LogP) is 2.60. The van der Waals surface area contributed by atoms with Gasteiger partial charge in [0.1, 0.15) is 28.9 Å². The van der Waals surface area contributed by atoms with Crippen LogP contribution in [-0.4, -0.2) is 34.4 Å². The highest BCUT2D eigenvalue weighted by molar-refractivity contribution is 7.89. The highest BCUT2D eigenvalue weighted by Gasteiger charge is 2.27. The van der Waals surface area contributed by atoms with Crippen molar-refractivity contribution in [2.45, 2.75) is 11.1 Å². The molecule has 0 spiro atoms. The molecule has 0 aliphatic carbocycles. The first-order valence-electron chi connectivity index (χ1n) is 5.30. The number of nitrogens with two attached hydrogens (primary N) is 1. The van der Waals surface area contributed by atoms with E-state index in [1.54, 1.807) is 0 Å². The third-order valence-electron chi connectivity index (χ3n) is 2.07. The van der Waals surface area contributed by atoms with E-state index in [0.717, 1.165) is 6.07 Å². The van der Waals surface area contributed by atoms with Gasteiger partial charge in [-0.25, -0.2) is 13.6 Å². The number of primary sulfonamides is 1. The summed E-state index contributed by atoms with van der Waals surface area (Å²) in [5, 5.41) is 4.38. The fraction of sp³-hybridized carbons (Fsp3) is 0.400. The zero-order valence-corrected chi connectivity index (χ0v) is 12.6. The Labute approximate surface area is 128 Å². The van der Waals surface area contributed by atoms with Crippen LogP contribution in [0.25, 0.3) is 0 Å². The van der Waals surface area contributed by atoms with Gasteiger partial charge in [0.25, 0.3) is 0 Å². The van der Waals surface area contributed by atoms with Crippen molar-refractivity contribution in [2.75, 3.05) is 19.8 Å². The maximum atomic E-state index is 11.8. The smallest absolute Gasteiger partial charge is 0.411 e. The Morgan fingerprint density at radius 1 is 1.14 bits per heavy atom. The van der Waals surface area contributed by atoms with Crippen molar-refractivity contribution in [1.29, 1.82) is 0 Å². The van der Waals surface area contributed by atoms with Crippen molar-refractivity contribution in [3.05, 3.63) is 22.2 Å². The number of hydrogen-bond donors (Lipinski definition) is 1. The summed E-state index contributed by atoms with van der Waals surface area (Å²) in [4.78, 5) is -0.380. The van der Waals surface area contributed by atoms with E-state index in [0.29, 0.717) is 0 Å². The lowest BCUT2D eigenvalue weighted by molar-refractivity contribution is -0.175. The molecule has 0 fully saturated rings. The maximum absolute atomic E-state index is 11.8. The lowest BCUT2D eigenvalue weighted by atomic mass is 10.3. The number of rotatable bonds is 6. The molecular formula is C10H10Cl2F3NO4S. The maximum Gasteiger partial charge on any atom is 0.411 e. The van der Waals surface area contributed by atoms with Crippen molar-refractivity contribution in [3.63, 3.8) is 0 Å². The third-order valence-corrected chi connectivity index (χ3v) is 4.00. The van der Waals surface area contributed by atoms with Crippen LogP contribution >= 0.6 is 23.2 Å². The van der Waals surface area contributed by atoms with Crippen molar-refractivity contribution < 1.29 is 31.1 Å². The number of hydrogen-bond acceptors (Lipinski definition) is 4. The highest BCUT2D eigenvalue weighted by atomic mass is 35.5. The summed E-state index contributed by atoms with van der Waals surface area (Å²) >= 11 is 11.5. The van der Waals surface area contributed by atoms with Crippen LogP contribution in [0.2, 0.25) is 10.0 Å². The molecule has 1 aromatic carbocycles. The van der Waals surface area contributed by atoms with Crippen LogP contribution in [0.1, 0.15) is 0 Å². The minimum absolute atomic E-state index is 0.00433. The first kappa shape index (κ1) is 18.3. The molecular weight excluding hydrogens is 358 g/mol. The number of halogens is 5. The van der Waals surface area contributed by atoms with Gasteiger partial charge in [-0.2, -0.15) is 13.2 Å². The number of ether oxygens (including phenoxy) is 2. The molecule has 0 aliphatic heterocycles. The van der Waals surface area contributed by atoms with E-state index in [1.807, 2.05) is 0 Å². The van der Waals surface area contributed by atoms with E-state index in [9.17, 15) is 21.6 Å². The molecule has 0 aliphatic rings. The Bertz CT molecular complexity index is 607. The predicted molar refractivity (Wildman–Crippen MR) is 70.2 cm³/mol. The third kappa shape index (κ3) is 5.87. The lowest BCUT2D eigenvalue weighted by Crippen LogP contribution is -2.19. The first-order chi connectivity index (χ1) is 9.52. The molecule has 5 nitrogen and oxygen atoms in total. The summed E-state index contributed by atoms with van der Waals surface area (Å²) in [7, 11) is -4.04. The molecule has 1 rings (SSSR count). The lowest BCUT2D eigenvalue weighted by Gasteiger charge is -2.12. The van der Waals surface area contributed by atoms with E-state index in [-0.39, 0.29) is 33.9 Å². The van der Waals surface area contributed by atoms with Crippen LogP contribution in [-0.2, 0) is 14.8 Å². The van der Waals surface area contributed by atoms with Crippen LogP contribution in [0.5, 0.6) is 5.75 Å². The molecule has 0 saturated heterocycles. The van der Waals surface area contributed by atoms with E-state index in [4.69, 9.17) is 33.1 Å². The molecule has 11 heteroatoms. The van der Waals surface area contributed by atoms with Crippen molar-refractivity contribution in [3.8, 4) is 5.75 Å². The second kappa shape index (κ2) is 7.01. The Morgan fingerprint density at radius 2 is 1.76 bits per heavy atom. The summed E-state index contributed by atoms with van der Waals surface area (Å²) in [6.07, 6.45) is -4.42. The molecule has 0 aromatic heterocycles. The van der Waals surface area contributed by atoms with E-state index < -0.39 is 22.8 Å². The zero-order chi connectivity index (χ0) is 16.3. The monoisotopic (exact) mass is 367 g/mol. The Balaban J connectivity index is 2.64. The standard InChI is InChI=1S/C10H10Cl2F3NO4S/c11-8-6(20-4-3-19-5-10(13,14)15)1-2-7(9(8)12)21(16,17)18/h1-2H,3-5H2,(H2,16,17,18). The van der Waals surface area contributed by atoms with Gasteiger partial charge in [0.15, 0.2) is 0 Å². The van der Waals surface area contributed by atoms with E-state index in [2.05, 4.69) is 4.74 Å². The van der Waals surface area contributed by atoms with Crippen molar-refractivity contribution in [1.82, 2.24) is 0 Å². The molecule has 0 radical (unpaired) electrons. The van der Waals surface area contributed by atoms with Crippen LogP contribution < -0.4 is 9.88 Å². The van der Waals surface area contributed by atoms with Gasteiger partial charge in [-0.15, -0.1) is 0 Å². The second-order valence-electron chi connectivity index (χ2n) is 3.75. The highest BCUT2D eigenvalue weighted by Crippen LogP contribution is 2.36. The SMILES string of the molecule is NS(=O)(=O)c1ccc(OCCOCC(F)(F)F)c(Cl)c1Cl. The summed E-state index contributed by atoms with van der Waals surface area (Å²) in [6, 6.07) is 2.27. The molecule has 120 valence electrons. The Hall–Kier alpha value is -0.740. The van der Waals surface area contributed by atoms with Gasteiger partial charge in [0.05, 0.1) is 11.6 Å². The number of sulfonamides is 1. The number of alkyl halides is 3. The average Bonchev–Trinajstić information content (AvgIpc) is 2.31. The molecule has 0 atom stereocenters. The van der Waals surface area contributed by atoms with Gasteiger partial charge < -0.3 is 9.47 Å². The Morgan fingerprint density at radius 3 is 2.29 bits per heavy atom. The van der Waals surface area contributed by atoms with Crippen LogP contribution in [0.4, 0.5) is 13.2 Å². The minimum atomic E-state index is -4.42. The summed E-state index contributed by atoms with van der Waals surface area (Å²) in [5.74, 6) is 0.00433. The topological polar surface area (TPSA) is 78.6 Å². The van der Waals surface area contributed by atoms with Gasteiger partial charge >= 0.3 is 6.18 Å². The Kier molecular flexibility index (Phi) is 6.11. The molecule has 0 amide bonds. The zero-order valence-electron chi connectivity index (χ0n) is 10.3. The molecule has 1 aromatic rings. The van der Waals surface area contributed by atoms with Gasteiger partial charge in [-0.3, -0.25) is 0 Å². The van der Waals surface area contributed by atoms with Gasteiger partial charge in [0.2, 0.25) is 10.0 Å². The van der Waals surface area contributed by atoms with Crippen molar-refractivity contribution >= 4 is 33.2 Å². The number of benzene rings is 1. The average molecular weight is 368 g/mol. The van der Waals surface area contributed by atoms with Crippen LogP contribution in [0.15, 0.2) is 17.0 Å². The summed E-state index contributed by atoms with van der Waals surface area (Å²) < 4.78 is 67.2. The largest absolute Gasteiger partial charge is 0.490 e. The molecule has 2 N–H and O–H groups in total. The van der Waals surface area contributed by atoms with Gasteiger partial charge in [-0.1, -0.05) is 23.2 Å². The molecule has 21 heavy (non-hydrogen) atoms. The van der Waals surface area contributed by atoms with Crippen LogP contribution in [0, 0.1) is 0 Å². The van der Waals surface area contributed by atoms with Gasteiger partial charge in [0, 0.05) is 0 Å². The fourth-order valence-electron chi connectivity index (χ4n) is 1.24.